The van der Waals surface area contributed by atoms with Crippen LogP contribution in [0.15, 0.2) is 0 Å². The molecule has 0 radical (unpaired) electrons. The molecule has 0 aromatic carbocycles. The van der Waals surface area contributed by atoms with E-state index in [1.165, 1.54) is 0 Å². The zero-order chi connectivity index (χ0) is 11.5. The summed E-state index contributed by atoms with van der Waals surface area (Å²) in [5, 5.41) is 3.09. The molecule has 1 aromatic rings. The lowest BCUT2D eigenvalue weighted by Crippen LogP contribution is -2.18. The van der Waals surface area contributed by atoms with Crippen LogP contribution in [0, 0.1) is 0 Å². The topological polar surface area (TPSA) is 56.3 Å². The summed E-state index contributed by atoms with van der Waals surface area (Å²) < 4.78 is 10.7. The molecule has 0 bridgehead atoms. The Morgan fingerprint density at radius 2 is 2.25 bits per heavy atom. The van der Waals surface area contributed by atoms with Gasteiger partial charge in [-0.2, -0.15) is 0 Å². The molecule has 1 aromatic heterocycles. The highest BCUT2D eigenvalue weighted by molar-refractivity contribution is 5.46. The van der Waals surface area contributed by atoms with Crippen molar-refractivity contribution in [3.8, 4) is 0 Å². The molecule has 0 fully saturated rings. The molecule has 2 heterocycles. The highest BCUT2D eigenvalue weighted by atomic mass is 16.5. The Balaban J connectivity index is 2.43. The third-order valence-corrected chi connectivity index (χ3v) is 2.79. The molecule has 1 aliphatic heterocycles. The van der Waals surface area contributed by atoms with E-state index in [9.17, 15) is 0 Å². The molecule has 0 saturated carbocycles. The van der Waals surface area contributed by atoms with Gasteiger partial charge in [-0.1, -0.05) is 0 Å². The van der Waals surface area contributed by atoms with Crippen LogP contribution in [0.25, 0.3) is 0 Å². The largest absolute Gasteiger partial charge is 0.376 e. The van der Waals surface area contributed by atoms with E-state index in [4.69, 9.17) is 9.47 Å². The van der Waals surface area contributed by atoms with Gasteiger partial charge in [-0.25, -0.2) is 9.97 Å². The van der Waals surface area contributed by atoms with Crippen molar-refractivity contribution in [2.24, 2.45) is 0 Å². The first-order valence-corrected chi connectivity index (χ1v) is 5.44. The molecule has 16 heavy (non-hydrogen) atoms. The first-order valence-electron chi connectivity index (χ1n) is 5.44. The third kappa shape index (κ3) is 2.01. The number of nitrogens with zero attached hydrogens (tertiary/aromatic N) is 2. The molecule has 1 unspecified atom stereocenters. The lowest BCUT2D eigenvalue weighted by molar-refractivity contribution is 0.102. The molecule has 2 rings (SSSR count). The van der Waals surface area contributed by atoms with Crippen molar-refractivity contribution >= 4 is 5.82 Å². The van der Waals surface area contributed by atoms with Crippen molar-refractivity contribution in [3.63, 3.8) is 0 Å². The first kappa shape index (κ1) is 11.3. The van der Waals surface area contributed by atoms with Crippen LogP contribution in [0.4, 0.5) is 5.82 Å². The Labute approximate surface area is 95.2 Å². The Kier molecular flexibility index (Phi) is 3.36. The Bertz CT molecular complexity index is 364. The normalized spacial score (nSPS) is 16.7. The van der Waals surface area contributed by atoms with Crippen LogP contribution in [0.5, 0.6) is 0 Å². The van der Waals surface area contributed by atoms with Crippen molar-refractivity contribution in [2.45, 2.75) is 26.1 Å². The van der Waals surface area contributed by atoms with Gasteiger partial charge in [0.05, 0.1) is 18.9 Å². The van der Waals surface area contributed by atoms with Gasteiger partial charge in [0.15, 0.2) is 5.82 Å². The number of nitrogens with one attached hydrogen (secondary N) is 1. The number of aromatic nitrogens is 2. The number of fused-ring (bicyclic) bond motifs is 1. The number of hydrogen-bond acceptors (Lipinski definition) is 5. The van der Waals surface area contributed by atoms with Crippen LogP contribution in [0.2, 0.25) is 0 Å². The van der Waals surface area contributed by atoms with E-state index in [1.807, 2.05) is 14.0 Å². The monoisotopic (exact) mass is 223 g/mol. The van der Waals surface area contributed by atoms with Gasteiger partial charge in [0, 0.05) is 26.1 Å². The minimum atomic E-state index is -0.0831. The molecule has 5 nitrogen and oxygen atoms in total. The maximum atomic E-state index is 5.41. The Morgan fingerprint density at radius 1 is 1.44 bits per heavy atom. The molecule has 0 spiro atoms. The van der Waals surface area contributed by atoms with Gasteiger partial charge in [0.2, 0.25) is 0 Å². The van der Waals surface area contributed by atoms with Crippen LogP contribution < -0.4 is 5.32 Å². The van der Waals surface area contributed by atoms with E-state index in [0.717, 1.165) is 35.9 Å². The fourth-order valence-electron chi connectivity index (χ4n) is 1.74. The third-order valence-electron chi connectivity index (χ3n) is 2.79. The minimum Gasteiger partial charge on any atom is -0.376 e. The van der Waals surface area contributed by atoms with Gasteiger partial charge in [-0.3, -0.25) is 0 Å². The Morgan fingerprint density at radius 3 is 2.94 bits per heavy atom. The summed E-state index contributed by atoms with van der Waals surface area (Å²) >= 11 is 0. The van der Waals surface area contributed by atoms with Gasteiger partial charge in [0.1, 0.15) is 11.9 Å². The van der Waals surface area contributed by atoms with E-state index in [0.29, 0.717) is 6.61 Å². The van der Waals surface area contributed by atoms with Gasteiger partial charge >= 0.3 is 0 Å². The van der Waals surface area contributed by atoms with E-state index < -0.39 is 0 Å². The molecule has 1 aliphatic rings. The van der Waals surface area contributed by atoms with Crippen LogP contribution in [-0.4, -0.2) is 30.7 Å². The van der Waals surface area contributed by atoms with Gasteiger partial charge in [0.25, 0.3) is 0 Å². The van der Waals surface area contributed by atoms with E-state index in [2.05, 4.69) is 15.3 Å². The summed E-state index contributed by atoms with van der Waals surface area (Å²) in [5.41, 5.74) is 2.14. The second kappa shape index (κ2) is 4.76. The van der Waals surface area contributed by atoms with Gasteiger partial charge in [-0.05, 0) is 6.92 Å². The Hall–Kier alpha value is -1.20. The average Bonchev–Trinajstić information content (AvgIpc) is 2.36. The molecule has 88 valence electrons. The molecule has 5 heteroatoms. The average molecular weight is 223 g/mol. The van der Waals surface area contributed by atoms with Gasteiger partial charge < -0.3 is 14.8 Å². The zero-order valence-electron chi connectivity index (χ0n) is 9.91. The summed E-state index contributed by atoms with van der Waals surface area (Å²) in [4.78, 5) is 8.98. The highest BCUT2D eigenvalue weighted by Crippen LogP contribution is 2.24. The van der Waals surface area contributed by atoms with Crippen LogP contribution in [0.3, 0.4) is 0 Å². The summed E-state index contributed by atoms with van der Waals surface area (Å²) in [6.45, 7) is 3.27. The van der Waals surface area contributed by atoms with Crippen LogP contribution in [-0.2, 0) is 22.5 Å². The standard InChI is InChI=1S/C11H17N3O2/c1-7(15-3)10-13-9-4-5-16-6-8(9)11(12-2)14-10/h7H,4-6H2,1-3H3,(H,12,13,14). The highest BCUT2D eigenvalue weighted by Gasteiger charge is 2.19. The number of methoxy groups -OCH3 is 1. The molecular weight excluding hydrogens is 206 g/mol. The number of ether oxygens (including phenoxy) is 2. The zero-order valence-corrected chi connectivity index (χ0v) is 9.91. The molecular formula is C11H17N3O2. The lowest BCUT2D eigenvalue weighted by atomic mass is 10.1. The van der Waals surface area contributed by atoms with E-state index >= 15 is 0 Å². The van der Waals surface area contributed by atoms with Crippen molar-refractivity contribution in [1.29, 1.82) is 0 Å². The fraction of sp³-hybridized carbons (Fsp3) is 0.636. The van der Waals surface area contributed by atoms with Crippen molar-refractivity contribution < 1.29 is 9.47 Å². The van der Waals surface area contributed by atoms with Crippen molar-refractivity contribution in [1.82, 2.24) is 9.97 Å². The smallest absolute Gasteiger partial charge is 0.159 e. The quantitative estimate of drug-likeness (QED) is 0.837. The van der Waals surface area contributed by atoms with Crippen LogP contribution in [0.1, 0.15) is 30.1 Å². The first-order chi connectivity index (χ1) is 7.76. The second-order valence-electron chi connectivity index (χ2n) is 3.79. The lowest BCUT2D eigenvalue weighted by Gasteiger charge is -2.20. The minimum absolute atomic E-state index is 0.0831. The van der Waals surface area contributed by atoms with Crippen molar-refractivity contribution in [3.05, 3.63) is 17.1 Å². The summed E-state index contributed by atoms with van der Waals surface area (Å²) in [6.07, 6.45) is 0.760. The molecule has 0 saturated heterocycles. The number of anilines is 1. The molecule has 0 amide bonds. The summed E-state index contributed by atoms with van der Waals surface area (Å²) in [6, 6.07) is 0. The molecule has 1 N–H and O–H groups in total. The van der Waals surface area contributed by atoms with Crippen LogP contribution >= 0.6 is 0 Å². The van der Waals surface area contributed by atoms with E-state index in [-0.39, 0.29) is 6.10 Å². The maximum Gasteiger partial charge on any atom is 0.159 e. The summed E-state index contributed by atoms with van der Waals surface area (Å²) in [7, 11) is 3.52. The maximum absolute atomic E-state index is 5.41. The van der Waals surface area contributed by atoms with Crippen molar-refractivity contribution in [2.75, 3.05) is 26.1 Å². The van der Waals surface area contributed by atoms with Gasteiger partial charge in [-0.15, -0.1) is 0 Å². The predicted molar refractivity (Wildman–Crippen MR) is 60.4 cm³/mol. The molecule has 0 aliphatic carbocycles. The second-order valence-corrected chi connectivity index (χ2v) is 3.79. The number of hydrogen-bond donors (Lipinski definition) is 1. The molecule has 1 atom stereocenters. The fourth-order valence-corrected chi connectivity index (χ4v) is 1.74. The SMILES string of the molecule is CNc1nc(C(C)OC)nc2c1COCC2. The van der Waals surface area contributed by atoms with E-state index in [1.54, 1.807) is 7.11 Å². The number of rotatable bonds is 3. The summed E-state index contributed by atoms with van der Waals surface area (Å²) in [5.74, 6) is 1.58. The predicted octanol–water partition coefficient (Wildman–Crippen LogP) is 1.30.